The monoisotopic (exact) mass is 159 g/mol. The number of hydrogen-bond donors (Lipinski definition) is 0. The summed E-state index contributed by atoms with van der Waals surface area (Å²) in [7, 11) is -2.82. The molecule has 0 aliphatic carbocycles. The van der Waals surface area contributed by atoms with Crippen molar-refractivity contribution in [2.75, 3.05) is 18.8 Å². The molecule has 2 rings (SSSR count). The Kier molecular flexibility index (Phi) is 1.16. The molecule has 4 heteroatoms. The highest BCUT2D eigenvalue weighted by Crippen LogP contribution is 2.19. The Bertz CT molecular complexity index is 263. The summed E-state index contributed by atoms with van der Waals surface area (Å²) in [6.07, 6.45) is 1.78. The average Bonchev–Trinajstić information content (AvgIpc) is 2.59. The summed E-state index contributed by atoms with van der Waals surface area (Å²) in [5.74, 6) is 0.299. The van der Waals surface area contributed by atoms with Crippen molar-refractivity contribution in [2.45, 2.75) is 6.04 Å². The summed E-state index contributed by atoms with van der Waals surface area (Å²) in [4.78, 5) is 2.14. The Morgan fingerprint density at radius 1 is 1.40 bits per heavy atom. The number of sulfone groups is 1. The molecule has 1 atom stereocenters. The largest absolute Gasteiger partial charge is 0.293 e. The van der Waals surface area contributed by atoms with E-state index in [2.05, 4.69) is 4.90 Å². The van der Waals surface area contributed by atoms with Gasteiger partial charge in [-0.3, -0.25) is 4.90 Å². The highest BCUT2D eigenvalue weighted by atomic mass is 32.2. The molecule has 0 amide bonds. The van der Waals surface area contributed by atoms with E-state index in [1.807, 2.05) is 0 Å². The molecule has 1 saturated heterocycles. The lowest BCUT2D eigenvalue weighted by Crippen LogP contribution is -2.19. The molecule has 0 aromatic carbocycles. The SMILES string of the molecule is O=S1(=O)C=C[C@@H](N2CC2)C1. The van der Waals surface area contributed by atoms with Crippen LogP contribution in [0.15, 0.2) is 11.5 Å². The van der Waals surface area contributed by atoms with Crippen LogP contribution in [0.2, 0.25) is 0 Å². The molecule has 0 spiro atoms. The molecule has 3 nitrogen and oxygen atoms in total. The Balaban J connectivity index is 2.14. The van der Waals surface area contributed by atoms with E-state index in [4.69, 9.17) is 0 Å². The normalized spacial score (nSPS) is 36.6. The summed E-state index contributed by atoms with van der Waals surface area (Å²) in [5.41, 5.74) is 0. The lowest BCUT2D eigenvalue weighted by Gasteiger charge is -2.04. The Morgan fingerprint density at radius 3 is 2.50 bits per heavy atom. The van der Waals surface area contributed by atoms with Gasteiger partial charge >= 0.3 is 0 Å². The standard InChI is InChI=1S/C6H9NO2S/c8-10(9)4-1-6(5-10)7-2-3-7/h1,4,6H,2-3,5H2/t6-/m1/s1. The zero-order valence-corrected chi connectivity index (χ0v) is 6.34. The minimum Gasteiger partial charge on any atom is -0.293 e. The molecule has 56 valence electrons. The molecule has 1 fully saturated rings. The fourth-order valence-electron chi connectivity index (χ4n) is 1.18. The average molecular weight is 159 g/mol. The third-order valence-electron chi connectivity index (χ3n) is 1.86. The van der Waals surface area contributed by atoms with E-state index in [0.717, 1.165) is 13.1 Å². The molecule has 0 radical (unpaired) electrons. The van der Waals surface area contributed by atoms with Gasteiger partial charge in [-0.25, -0.2) is 8.42 Å². The predicted octanol–water partition coefficient (Wildman–Crippen LogP) is -0.387. The van der Waals surface area contributed by atoms with Crippen molar-refractivity contribution in [1.82, 2.24) is 4.90 Å². The quantitative estimate of drug-likeness (QED) is 0.489. The van der Waals surface area contributed by atoms with E-state index >= 15 is 0 Å². The van der Waals surface area contributed by atoms with Crippen LogP contribution in [-0.2, 0) is 9.84 Å². The number of nitrogens with zero attached hydrogens (tertiary/aromatic N) is 1. The first-order chi connectivity index (χ1) is 4.67. The lowest BCUT2D eigenvalue weighted by molar-refractivity contribution is 0.501. The highest BCUT2D eigenvalue weighted by Gasteiger charge is 2.32. The van der Waals surface area contributed by atoms with E-state index < -0.39 is 9.84 Å². The Morgan fingerprint density at radius 2 is 2.10 bits per heavy atom. The molecule has 2 aliphatic rings. The third-order valence-corrected chi connectivity index (χ3v) is 3.24. The fourth-order valence-corrected chi connectivity index (χ4v) is 2.51. The van der Waals surface area contributed by atoms with Crippen LogP contribution in [0.3, 0.4) is 0 Å². The maximum Gasteiger partial charge on any atom is 0.173 e. The zero-order chi connectivity index (χ0) is 7.19. The minimum atomic E-state index is -2.82. The van der Waals surface area contributed by atoms with E-state index in [1.54, 1.807) is 6.08 Å². The predicted molar refractivity (Wildman–Crippen MR) is 38.3 cm³/mol. The molecular formula is C6H9NO2S. The Hall–Kier alpha value is -0.350. The van der Waals surface area contributed by atoms with Crippen LogP contribution in [0.1, 0.15) is 0 Å². The first-order valence-corrected chi connectivity index (χ1v) is 5.04. The molecule has 0 aromatic rings. The smallest absolute Gasteiger partial charge is 0.173 e. The van der Waals surface area contributed by atoms with Crippen molar-refractivity contribution in [1.29, 1.82) is 0 Å². The van der Waals surface area contributed by atoms with Gasteiger partial charge in [-0.15, -0.1) is 0 Å². The molecule has 0 aromatic heterocycles. The van der Waals surface area contributed by atoms with Gasteiger partial charge in [0.2, 0.25) is 0 Å². The second-order valence-electron chi connectivity index (χ2n) is 2.76. The summed E-state index contributed by atoms with van der Waals surface area (Å²) in [6.45, 7) is 2.12. The highest BCUT2D eigenvalue weighted by molar-refractivity contribution is 7.94. The van der Waals surface area contributed by atoms with Crippen LogP contribution in [0.25, 0.3) is 0 Å². The molecule has 2 aliphatic heterocycles. The van der Waals surface area contributed by atoms with Gasteiger partial charge in [0, 0.05) is 24.5 Å². The molecule has 0 bridgehead atoms. The summed E-state index contributed by atoms with van der Waals surface area (Å²) < 4.78 is 21.7. The van der Waals surface area contributed by atoms with Crippen LogP contribution < -0.4 is 0 Å². The topological polar surface area (TPSA) is 37.1 Å². The van der Waals surface area contributed by atoms with Crippen molar-refractivity contribution >= 4 is 9.84 Å². The Labute approximate surface area is 60.2 Å². The lowest BCUT2D eigenvalue weighted by atomic mass is 10.3. The minimum absolute atomic E-state index is 0.185. The summed E-state index contributed by atoms with van der Waals surface area (Å²) in [5, 5.41) is 1.33. The van der Waals surface area contributed by atoms with Crippen molar-refractivity contribution in [3.8, 4) is 0 Å². The summed E-state index contributed by atoms with van der Waals surface area (Å²) in [6, 6.07) is 0.185. The number of rotatable bonds is 1. The van der Waals surface area contributed by atoms with Crippen LogP contribution in [0.4, 0.5) is 0 Å². The molecule has 0 unspecified atom stereocenters. The van der Waals surface area contributed by atoms with E-state index in [9.17, 15) is 8.42 Å². The van der Waals surface area contributed by atoms with Crippen molar-refractivity contribution in [2.24, 2.45) is 0 Å². The van der Waals surface area contributed by atoms with Crippen LogP contribution >= 0.6 is 0 Å². The third kappa shape index (κ3) is 1.09. The van der Waals surface area contributed by atoms with E-state index in [0.29, 0.717) is 5.75 Å². The molecule has 2 heterocycles. The van der Waals surface area contributed by atoms with Gasteiger partial charge in [-0.1, -0.05) is 6.08 Å². The second kappa shape index (κ2) is 1.83. The van der Waals surface area contributed by atoms with Gasteiger partial charge in [-0.05, 0) is 0 Å². The maximum absolute atomic E-state index is 10.9. The molecule has 0 saturated carbocycles. The fraction of sp³-hybridized carbons (Fsp3) is 0.667. The number of hydrogen-bond acceptors (Lipinski definition) is 3. The van der Waals surface area contributed by atoms with Gasteiger partial charge < -0.3 is 0 Å². The van der Waals surface area contributed by atoms with Gasteiger partial charge in [0.1, 0.15) is 0 Å². The van der Waals surface area contributed by atoms with Crippen molar-refractivity contribution in [3.05, 3.63) is 11.5 Å². The van der Waals surface area contributed by atoms with E-state index in [1.165, 1.54) is 5.41 Å². The van der Waals surface area contributed by atoms with Gasteiger partial charge in [0.15, 0.2) is 9.84 Å². The van der Waals surface area contributed by atoms with Crippen LogP contribution in [0.5, 0.6) is 0 Å². The summed E-state index contributed by atoms with van der Waals surface area (Å²) >= 11 is 0. The zero-order valence-electron chi connectivity index (χ0n) is 5.53. The molecular weight excluding hydrogens is 150 g/mol. The molecule has 10 heavy (non-hydrogen) atoms. The first-order valence-electron chi connectivity index (χ1n) is 3.32. The van der Waals surface area contributed by atoms with Gasteiger partial charge in [0.05, 0.1) is 5.75 Å². The van der Waals surface area contributed by atoms with Crippen molar-refractivity contribution < 1.29 is 8.42 Å². The molecule has 0 N–H and O–H groups in total. The van der Waals surface area contributed by atoms with Gasteiger partial charge in [-0.2, -0.15) is 0 Å². The first kappa shape index (κ1) is 6.37. The van der Waals surface area contributed by atoms with Crippen LogP contribution in [-0.4, -0.2) is 38.2 Å². The van der Waals surface area contributed by atoms with Gasteiger partial charge in [0.25, 0.3) is 0 Å². The van der Waals surface area contributed by atoms with Crippen molar-refractivity contribution in [3.63, 3.8) is 0 Å². The maximum atomic E-state index is 10.9. The van der Waals surface area contributed by atoms with E-state index in [-0.39, 0.29) is 6.04 Å². The van der Waals surface area contributed by atoms with Crippen LogP contribution in [0, 0.1) is 0 Å². The second-order valence-corrected chi connectivity index (χ2v) is 4.69.